The molecule has 0 aliphatic carbocycles. The van der Waals surface area contributed by atoms with Crippen LogP contribution in [0, 0.1) is 0 Å². The van der Waals surface area contributed by atoms with Crippen LogP contribution in [0.25, 0.3) is 0 Å². The molecule has 1 aromatic carbocycles. The first-order chi connectivity index (χ1) is 17.2. The molecule has 0 bridgehead atoms. The van der Waals surface area contributed by atoms with Crippen molar-refractivity contribution in [2.75, 3.05) is 12.5 Å². The van der Waals surface area contributed by atoms with Crippen LogP contribution < -0.4 is 16.9 Å². The van der Waals surface area contributed by atoms with Crippen LogP contribution in [0.5, 0.6) is 0 Å². The molecule has 37 heavy (non-hydrogen) atoms. The van der Waals surface area contributed by atoms with E-state index in [0.29, 0.717) is 11.1 Å². The van der Waals surface area contributed by atoms with Crippen molar-refractivity contribution in [1.29, 1.82) is 0 Å². The summed E-state index contributed by atoms with van der Waals surface area (Å²) in [4.78, 5) is 56.5. The van der Waals surface area contributed by atoms with Crippen LogP contribution >= 0.6 is 15.2 Å². The zero-order chi connectivity index (χ0) is 27.5. The average Bonchev–Trinajstić information content (AvgIpc) is 3.08. The second-order valence-electron chi connectivity index (χ2n) is 8.13. The van der Waals surface area contributed by atoms with Gasteiger partial charge in [0.15, 0.2) is 17.6 Å². The Labute approximate surface area is 208 Å². The first-order valence-corrected chi connectivity index (χ1v) is 14.1. The molecule has 1 saturated heterocycles. The molecule has 2 heterocycles. The highest BCUT2D eigenvalue weighted by molar-refractivity contribution is 7.70. The summed E-state index contributed by atoms with van der Waals surface area (Å²) in [6.45, 7) is -0.762. The first kappa shape index (κ1) is 28.9. The number of aliphatic hydroxyl groups is 2. The molecular formula is C19H26N4O12P2. The molecule has 7 N–H and O–H groups in total. The normalized spacial score (nSPS) is 24.1. The summed E-state index contributed by atoms with van der Waals surface area (Å²) in [7, 11) is -8.22. The van der Waals surface area contributed by atoms with Crippen LogP contribution in [-0.2, 0) is 36.9 Å². The van der Waals surface area contributed by atoms with Gasteiger partial charge in [0.25, 0.3) is 0 Å². The van der Waals surface area contributed by atoms with Gasteiger partial charge >= 0.3 is 20.9 Å². The molecule has 5 atom stereocenters. The Balaban J connectivity index is 1.69. The van der Waals surface area contributed by atoms with E-state index in [1.54, 1.807) is 12.1 Å². The molecular weight excluding hydrogens is 538 g/mol. The maximum absolute atomic E-state index is 12.8. The molecule has 2 aromatic rings. The van der Waals surface area contributed by atoms with E-state index in [4.69, 9.17) is 25.1 Å². The molecule has 0 saturated carbocycles. The van der Waals surface area contributed by atoms with Crippen molar-refractivity contribution in [2.45, 2.75) is 31.1 Å². The number of amides is 1. The number of nitrogens with two attached hydrogens (primary N) is 1. The van der Waals surface area contributed by atoms with E-state index >= 15 is 0 Å². The third kappa shape index (κ3) is 7.45. The number of aliphatic hydroxyl groups excluding tert-OH is 2. The topological polar surface area (TPSA) is 245 Å². The number of hydrogen-bond acceptors (Lipinski definition) is 10. The standard InChI is InChI=1S/C19H26N4O12P2/c1-22-14(21-33-8-11-2-4-12(5-3-11)17(20)26)6-7-23(19(22)27)18-16(25)15(24)13(35-18)9-34-37(31,32)10-36(28,29)30/h2-7,13,15-16,18,24-25H,8-10H2,1H3,(H2,20,26)(H,31,32)(H2,28,29,30)/b21-14-/t13-,15-,16-,18-/m1/s1. The van der Waals surface area contributed by atoms with E-state index in [1.165, 1.54) is 31.4 Å². The predicted octanol–water partition coefficient (Wildman–Crippen LogP) is -1.73. The Morgan fingerprint density at radius 3 is 2.38 bits per heavy atom. The van der Waals surface area contributed by atoms with Crippen molar-refractivity contribution in [1.82, 2.24) is 9.13 Å². The van der Waals surface area contributed by atoms with Gasteiger partial charge in [0.05, 0.1) is 6.61 Å². The smallest absolute Gasteiger partial charge is 0.340 e. The lowest BCUT2D eigenvalue weighted by atomic mass is 10.1. The number of carbonyl (C=O) groups is 1. The zero-order valence-electron chi connectivity index (χ0n) is 19.3. The minimum absolute atomic E-state index is 0.0250. The molecule has 3 rings (SSSR count). The fourth-order valence-electron chi connectivity index (χ4n) is 3.38. The highest BCUT2D eigenvalue weighted by atomic mass is 31.2. The number of ether oxygens (including phenoxy) is 1. The number of primary amides is 1. The van der Waals surface area contributed by atoms with E-state index in [2.05, 4.69) is 9.68 Å². The van der Waals surface area contributed by atoms with Gasteiger partial charge in [0.1, 0.15) is 24.9 Å². The number of hydrogen-bond donors (Lipinski definition) is 6. The van der Waals surface area contributed by atoms with Gasteiger partial charge in [-0.05, 0) is 17.7 Å². The summed E-state index contributed by atoms with van der Waals surface area (Å²) in [5.74, 6) is -2.00. The van der Waals surface area contributed by atoms with Crippen LogP contribution in [-0.4, -0.2) is 70.8 Å². The van der Waals surface area contributed by atoms with Gasteiger partial charge in [-0.25, -0.2) is 4.79 Å². The van der Waals surface area contributed by atoms with Gasteiger partial charge in [0, 0.05) is 24.9 Å². The van der Waals surface area contributed by atoms with Crippen molar-refractivity contribution in [3.05, 3.63) is 63.6 Å². The first-order valence-electron chi connectivity index (χ1n) is 10.5. The van der Waals surface area contributed by atoms with E-state index in [0.717, 1.165) is 9.13 Å². The van der Waals surface area contributed by atoms with Gasteiger partial charge in [-0.1, -0.05) is 17.3 Å². The van der Waals surface area contributed by atoms with E-state index in [9.17, 15) is 33.8 Å². The minimum atomic E-state index is -4.86. The molecule has 1 aliphatic heterocycles. The lowest BCUT2D eigenvalue weighted by Crippen LogP contribution is -2.42. The van der Waals surface area contributed by atoms with Crippen LogP contribution in [0.15, 0.2) is 46.5 Å². The van der Waals surface area contributed by atoms with Gasteiger partial charge in [-0.15, -0.1) is 0 Å². The van der Waals surface area contributed by atoms with Gasteiger partial charge in [-0.3, -0.25) is 23.1 Å². The van der Waals surface area contributed by atoms with E-state index in [1.807, 2.05) is 0 Å². The van der Waals surface area contributed by atoms with Gasteiger partial charge in [0.2, 0.25) is 5.91 Å². The molecule has 18 heteroatoms. The third-order valence-electron chi connectivity index (χ3n) is 5.28. The minimum Gasteiger partial charge on any atom is -0.389 e. The van der Waals surface area contributed by atoms with E-state index < -0.39 is 63.8 Å². The fourth-order valence-corrected chi connectivity index (χ4v) is 5.95. The Kier molecular flexibility index (Phi) is 8.90. The molecule has 204 valence electrons. The Bertz CT molecular complexity index is 1350. The number of nitrogens with zero attached hydrogens (tertiary/aromatic N) is 3. The zero-order valence-corrected chi connectivity index (χ0v) is 21.1. The van der Waals surface area contributed by atoms with Crippen LogP contribution in [0.2, 0.25) is 0 Å². The summed E-state index contributed by atoms with van der Waals surface area (Å²) in [5.41, 5.74) is 5.58. The molecule has 1 amide bonds. The summed E-state index contributed by atoms with van der Waals surface area (Å²) in [6.07, 6.45) is -4.87. The molecule has 1 aliphatic rings. The molecule has 16 nitrogen and oxygen atoms in total. The predicted molar refractivity (Wildman–Crippen MR) is 124 cm³/mol. The number of aromatic nitrogens is 2. The van der Waals surface area contributed by atoms with Gasteiger partial charge in [-0.2, -0.15) is 0 Å². The molecule has 1 unspecified atom stereocenters. The molecule has 0 spiro atoms. The highest BCUT2D eigenvalue weighted by Gasteiger charge is 2.45. The number of rotatable bonds is 10. The highest BCUT2D eigenvalue weighted by Crippen LogP contribution is 2.55. The molecule has 1 aromatic heterocycles. The van der Waals surface area contributed by atoms with Crippen molar-refractivity contribution in [3.8, 4) is 0 Å². The second-order valence-corrected chi connectivity index (χ2v) is 12.1. The average molecular weight is 564 g/mol. The lowest BCUT2D eigenvalue weighted by molar-refractivity contribution is -0.0530. The summed E-state index contributed by atoms with van der Waals surface area (Å²) < 4.78 is 34.9. The Morgan fingerprint density at radius 1 is 1.14 bits per heavy atom. The molecule has 0 radical (unpaired) electrons. The number of benzene rings is 1. The van der Waals surface area contributed by atoms with Crippen molar-refractivity contribution in [2.24, 2.45) is 17.9 Å². The quantitative estimate of drug-likeness (QED) is 0.139. The maximum atomic E-state index is 12.8. The summed E-state index contributed by atoms with van der Waals surface area (Å²) >= 11 is 0. The van der Waals surface area contributed by atoms with Crippen LogP contribution in [0.4, 0.5) is 0 Å². The van der Waals surface area contributed by atoms with Gasteiger partial charge < -0.3 is 44.7 Å². The maximum Gasteiger partial charge on any atom is 0.340 e. The SMILES string of the molecule is Cn1c(=O)n([C@@H]2O[C@H](COP(=O)(O)CP(=O)(O)O)[C@@H](O)[C@H]2O)cc/c1=N/OCc1ccc(C(N)=O)cc1. The van der Waals surface area contributed by atoms with E-state index in [-0.39, 0.29) is 12.1 Å². The Hall–Kier alpha value is -2.65. The van der Waals surface area contributed by atoms with Crippen molar-refractivity contribution in [3.63, 3.8) is 0 Å². The Morgan fingerprint density at radius 2 is 1.78 bits per heavy atom. The summed E-state index contributed by atoms with van der Waals surface area (Å²) in [6, 6.07) is 7.67. The lowest BCUT2D eigenvalue weighted by Gasteiger charge is -2.19. The number of carbonyl (C=O) groups excluding carboxylic acids is 1. The molecule has 1 fully saturated rings. The summed E-state index contributed by atoms with van der Waals surface area (Å²) in [5, 5.41) is 24.5. The second kappa shape index (κ2) is 11.4. The van der Waals surface area contributed by atoms with Crippen LogP contribution in [0.1, 0.15) is 22.1 Å². The van der Waals surface area contributed by atoms with Crippen LogP contribution in [0.3, 0.4) is 0 Å². The van der Waals surface area contributed by atoms with Crippen molar-refractivity contribution < 1.29 is 52.9 Å². The third-order valence-corrected chi connectivity index (χ3v) is 8.73. The monoisotopic (exact) mass is 564 g/mol. The largest absolute Gasteiger partial charge is 0.389 e. The fraction of sp³-hybridized carbons (Fsp3) is 0.421. The van der Waals surface area contributed by atoms with Crippen molar-refractivity contribution >= 4 is 21.1 Å².